The number of allylic oxidation sites excluding steroid dienone is 1. The number of rotatable bonds is 5. The molecule has 1 aliphatic rings. The minimum Gasteiger partial charge on any atom is -0.352 e. The molecule has 0 heterocycles. The first-order valence-electron chi connectivity index (χ1n) is 7.49. The van der Waals surface area contributed by atoms with Crippen LogP contribution in [0.25, 0.3) is 6.08 Å². The Kier molecular flexibility index (Phi) is 4.64. The van der Waals surface area contributed by atoms with Crippen molar-refractivity contribution in [3.63, 3.8) is 0 Å². The molecule has 0 bridgehead atoms. The van der Waals surface area contributed by atoms with Gasteiger partial charge in [-0.15, -0.1) is 0 Å². The molecule has 2 rings (SSSR count). The van der Waals surface area contributed by atoms with Crippen molar-refractivity contribution in [1.82, 2.24) is 5.32 Å². The highest BCUT2D eigenvalue weighted by atomic mass is 16.1. The van der Waals surface area contributed by atoms with E-state index in [1.807, 2.05) is 24.3 Å². The summed E-state index contributed by atoms with van der Waals surface area (Å²) < 4.78 is 0. The highest BCUT2D eigenvalue weighted by molar-refractivity contribution is 5.94. The van der Waals surface area contributed by atoms with Gasteiger partial charge >= 0.3 is 0 Å². The van der Waals surface area contributed by atoms with Gasteiger partial charge in [0.25, 0.3) is 5.91 Å². The van der Waals surface area contributed by atoms with Gasteiger partial charge in [0.1, 0.15) is 0 Å². The molecule has 1 aromatic carbocycles. The summed E-state index contributed by atoms with van der Waals surface area (Å²) in [6, 6.07) is 7.81. The van der Waals surface area contributed by atoms with Gasteiger partial charge in [-0.25, -0.2) is 0 Å². The highest BCUT2D eigenvalue weighted by Crippen LogP contribution is 2.27. The van der Waals surface area contributed by atoms with Gasteiger partial charge < -0.3 is 5.32 Å². The number of carbonyl (C=O) groups excluding carboxylic acids is 1. The third-order valence-electron chi connectivity index (χ3n) is 3.46. The van der Waals surface area contributed by atoms with Crippen LogP contribution in [0.15, 0.2) is 30.3 Å². The zero-order valence-corrected chi connectivity index (χ0v) is 12.8. The Morgan fingerprint density at radius 3 is 2.45 bits per heavy atom. The second-order valence-electron chi connectivity index (χ2n) is 6.94. The van der Waals surface area contributed by atoms with E-state index in [1.54, 1.807) is 0 Å². The van der Waals surface area contributed by atoms with Crippen molar-refractivity contribution in [1.29, 1.82) is 0 Å². The minimum atomic E-state index is 0.0436. The maximum Gasteiger partial charge on any atom is 0.251 e. The third kappa shape index (κ3) is 5.20. The fourth-order valence-electron chi connectivity index (χ4n) is 1.96. The molecule has 1 aromatic rings. The zero-order chi connectivity index (χ0) is 14.6. The van der Waals surface area contributed by atoms with Crippen molar-refractivity contribution in [3.8, 4) is 0 Å². The Bertz CT molecular complexity index is 475. The highest BCUT2D eigenvalue weighted by Gasteiger charge is 2.21. The first-order valence-corrected chi connectivity index (χ1v) is 7.49. The molecule has 1 amide bonds. The van der Waals surface area contributed by atoms with Gasteiger partial charge in [-0.05, 0) is 48.3 Å². The Morgan fingerprint density at radius 1 is 1.25 bits per heavy atom. The zero-order valence-electron chi connectivity index (χ0n) is 12.8. The van der Waals surface area contributed by atoms with Crippen LogP contribution in [0.3, 0.4) is 0 Å². The van der Waals surface area contributed by atoms with E-state index < -0.39 is 0 Å². The maximum atomic E-state index is 11.9. The van der Waals surface area contributed by atoms with Crippen LogP contribution in [0.1, 0.15) is 56.0 Å². The van der Waals surface area contributed by atoms with Crippen LogP contribution < -0.4 is 5.32 Å². The molecule has 0 saturated heterocycles. The van der Waals surface area contributed by atoms with E-state index in [2.05, 4.69) is 38.2 Å². The third-order valence-corrected chi connectivity index (χ3v) is 3.46. The quantitative estimate of drug-likeness (QED) is 0.851. The molecule has 0 spiro atoms. The lowest BCUT2D eigenvalue weighted by atomic mass is 9.92. The monoisotopic (exact) mass is 271 g/mol. The van der Waals surface area contributed by atoms with E-state index in [1.165, 1.54) is 12.8 Å². The van der Waals surface area contributed by atoms with Gasteiger partial charge in [-0.3, -0.25) is 4.79 Å². The number of nitrogens with one attached hydrogen (secondary N) is 1. The van der Waals surface area contributed by atoms with Gasteiger partial charge in [-0.2, -0.15) is 0 Å². The fourth-order valence-corrected chi connectivity index (χ4v) is 1.96. The Hall–Kier alpha value is -1.57. The van der Waals surface area contributed by atoms with Crippen LogP contribution in [0.4, 0.5) is 0 Å². The van der Waals surface area contributed by atoms with Crippen LogP contribution >= 0.6 is 0 Å². The molecule has 1 N–H and O–H groups in total. The molecule has 20 heavy (non-hydrogen) atoms. The largest absolute Gasteiger partial charge is 0.352 e. The maximum absolute atomic E-state index is 11.9. The summed E-state index contributed by atoms with van der Waals surface area (Å²) in [6.45, 7) is 7.51. The van der Waals surface area contributed by atoms with Crippen molar-refractivity contribution in [2.24, 2.45) is 11.3 Å². The minimum absolute atomic E-state index is 0.0436. The molecule has 0 atom stereocenters. The van der Waals surface area contributed by atoms with E-state index in [0.717, 1.165) is 30.0 Å². The first-order chi connectivity index (χ1) is 9.44. The SMILES string of the molecule is CC(C)(C)C/C=C\c1ccc(C(=O)NCC2CC2)cc1. The Morgan fingerprint density at radius 2 is 1.90 bits per heavy atom. The average molecular weight is 271 g/mol. The van der Waals surface area contributed by atoms with Crippen molar-refractivity contribution in [3.05, 3.63) is 41.5 Å². The van der Waals surface area contributed by atoms with Gasteiger partial charge in [0.15, 0.2) is 0 Å². The first kappa shape index (κ1) is 14.8. The standard InChI is InChI=1S/C18H25NO/c1-18(2,3)12-4-5-14-8-10-16(11-9-14)17(20)19-13-15-6-7-15/h4-5,8-11,15H,6-7,12-13H2,1-3H3,(H,19,20)/b5-4-. The number of benzene rings is 1. The molecule has 108 valence electrons. The van der Waals surface area contributed by atoms with Gasteiger partial charge in [-0.1, -0.05) is 45.1 Å². The average Bonchev–Trinajstić information content (AvgIpc) is 3.19. The molecule has 0 aliphatic heterocycles. The molecule has 1 aliphatic carbocycles. The summed E-state index contributed by atoms with van der Waals surface area (Å²) in [7, 11) is 0. The van der Waals surface area contributed by atoms with Crippen LogP contribution in [0.2, 0.25) is 0 Å². The lowest BCUT2D eigenvalue weighted by molar-refractivity contribution is 0.0952. The predicted molar refractivity (Wildman–Crippen MR) is 84.6 cm³/mol. The molecule has 0 radical (unpaired) electrons. The van der Waals surface area contributed by atoms with Crippen LogP contribution in [-0.2, 0) is 0 Å². The van der Waals surface area contributed by atoms with Crippen molar-refractivity contribution in [2.75, 3.05) is 6.54 Å². The van der Waals surface area contributed by atoms with Gasteiger partial charge in [0, 0.05) is 12.1 Å². The normalized spacial score (nSPS) is 15.6. The van der Waals surface area contributed by atoms with E-state index in [-0.39, 0.29) is 5.91 Å². The van der Waals surface area contributed by atoms with Crippen molar-refractivity contribution in [2.45, 2.75) is 40.0 Å². The summed E-state index contributed by atoms with van der Waals surface area (Å²) in [5, 5.41) is 2.99. The molecule has 1 saturated carbocycles. The van der Waals surface area contributed by atoms with Crippen molar-refractivity contribution >= 4 is 12.0 Å². The Balaban J connectivity index is 1.86. The second kappa shape index (κ2) is 6.25. The lowest BCUT2D eigenvalue weighted by Crippen LogP contribution is -2.25. The molecular weight excluding hydrogens is 246 g/mol. The second-order valence-corrected chi connectivity index (χ2v) is 6.94. The molecule has 0 aromatic heterocycles. The van der Waals surface area contributed by atoms with Gasteiger partial charge in [0.05, 0.1) is 0 Å². The fraction of sp³-hybridized carbons (Fsp3) is 0.500. The number of hydrogen-bond acceptors (Lipinski definition) is 1. The smallest absolute Gasteiger partial charge is 0.251 e. The summed E-state index contributed by atoms with van der Waals surface area (Å²) in [5.74, 6) is 0.765. The van der Waals surface area contributed by atoms with E-state index >= 15 is 0 Å². The van der Waals surface area contributed by atoms with Crippen molar-refractivity contribution < 1.29 is 4.79 Å². The topological polar surface area (TPSA) is 29.1 Å². The van der Waals surface area contributed by atoms with Gasteiger partial charge in [0.2, 0.25) is 0 Å². The van der Waals surface area contributed by atoms with E-state index in [9.17, 15) is 4.79 Å². The molecular formula is C18H25NO. The summed E-state index contributed by atoms with van der Waals surface area (Å²) >= 11 is 0. The lowest BCUT2D eigenvalue weighted by Gasteiger charge is -2.14. The molecule has 1 fully saturated rings. The summed E-state index contributed by atoms with van der Waals surface area (Å²) in [5.41, 5.74) is 2.21. The van der Waals surface area contributed by atoms with Crippen LogP contribution in [0, 0.1) is 11.3 Å². The molecule has 2 heteroatoms. The van der Waals surface area contributed by atoms with E-state index in [0.29, 0.717) is 5.41 Å². The summed E-state index contributed by atoms with van der Waals surface area (Å²) in [4.78, 5) is 11.9. The molecule has 2 nitrogen and oxygen atoms in total. The number of amides is 1. The Labute approximate surface area is 122 Å². The van der Waals surface area contributed by atoms with Crippen LogP contribution in [0.5, 0.6) is 0 Å². The predicted octanol–water partition coefficient (Wildman–Crippen LogP) is 4.28. The summed E-state index contributed by atoms with van der Waals surface area (Å²) in [6.07, 6.45) is 7.89. The number of carbonyl (C=O) groups is 1. The van der Waals surface area contributed by atoms with E-state index in [4.69, 9.17) is 0 Å². The molecule has 0 unspecified atom stereocenters. The van der Waals surface area contributed by atoms with Crippen LogP contribution in [-0.4, -0.2) is 12.5 Å². The number of hydrogen-bond donors (Lipinski definition) is 1.